The number of rotatable bonds is 5. The minimum atomic E-state index is -0.892. The summed E-state index contributed by atoms with van der Waals surface area (Å²) < 4.78 is 24.2. The summed E-state index contributed by atoms with van der Waals surface area (Å²) >= 11 is 0. The maximum atomic E-state index is 13.7. The van der Waals surface area contributed by atoms with Crippen LogP contribution in [0.4, 0.5) is 10.1 Å². The largest absolute Gasteiger partial charge is 0.497 e. The molecule has 0 aliphatic rings. The van der Waals surface area contributed by atoms with Crippen LogP contribution in [0, 0.1) is 5.82 Å². The predicted molar refractivity (Wildman–Crippen MR) is 99.5 cm³/mol. The van der Waals surface area contributed by atoms with E-state index in [9.17, 15) is 9.18 Å². The fraction of sp³-hybridized carbons (Fsp3) is 0.250. The third kappa shape index (κ3) is 3.10. The van der Waals surface area contributed by atoms with Crippen molar-refractivity contribution in [2.45, 2.75) is 19.3 Å². The number of H-pyrrole nitrogens is 1. The van der Waals surface area contributed by atoms with Crippen molar-refractivity contribution < 1.29 is 18.7 Å². The quantitative estimate of drug-likeness (QED) is 0.719. The molecular formula is C20H21FN2O3. The van der Waals surface area contributed by atoms with Gasteiger partial charge < -0.3 is 19.8 Å². The van der Waals surface area contributed by atoms with Crippen LogP contribution in [0.5, 0.6) is 11.5 Å². The molecule has 0 saturated heterocycles. The molecule has 1 aromatic heterocycles. The van der Waals surface area contributed by atoms with Crippen LogP contribution in [-0.2, 0) is 10.2 Å². The summed E-state index contributed by atoms with van der Waals surface area (Å²) in [4.78, 5) is 16.1. The molecule has 0 atom stereocenters. The van der Waals surface area contributed by atoms with Gasteiger partial charge in [-0.2, -0.15) is 0 Å². The van der Waals surface area contributed by atoms with Crippen LogP contribution in [-0.4, -0.2) is 25.1 Å². The average Bonchev–Trinajstić information content (AvgIpc) is 3.05. The molecule has 0 bridgehead atoms. The van der Waals surface area contributed by atoms with Crippen LogP contribution >= 0.6 is 0 Å². The van der Waals surface area contributed by atoms with Gasteiger partial charge in [0.15, 0.2) is 0 Å². The Labute approximate surface area is 151 Å². The number of methoxy groups -OCH3 is 2. The van der Waals surface area contributed by atoms with Gasteiger partial charge >= 0.3 is 0 Å². The number of fused-ring (bicyclic) bond motifs is 1. The first-order valence-corrected chi connectivity index (χ1v) is 8.17. The number of benzene rings is 2. The lowest BCUT2D eigenvalue weighted by Gasteiger charge is -2.24. The molecule has 3 rings (SSSR count). The second-order valence-corrected chi connectivity index (χ2v) is 6.54. The van der Waals surface area contributed by atoms with Crippen molar-refractivity contribution in [2.24, 2.45) is 0 Å². The molecule has 0 aliphatic heterocycles. The highest BCUT2D eigenvalue weighted by atomic mass is 19.1. The SMILES string of the molecule is COc1ccc(NC(=O)C(C)(C)c2c[nH]c3ccc(F)cc23)c(OC)c1. The third-order valence-electron chi connectivity index (χ3n) is 4.54. The Balaban J connectivity index is 1.94. The van der Waals surface area contributed by atoms with E-state index in [0.717, 1.165) is 11.1 Å². The molecule has 26 heavy (non-hydrogen) atoms. The van der Waals surface area contributed by atoms with Crippen molar-refractivity contribution in [2.75, 3.05) is 19.5 Å². The van der Waals surface area contributed by atoms with Gasteiger partial charge in [0.05, 0.1) is 25.3 Å². The topological polar surface area (TPSA) is 63.3 Å². The Kier molecular flexibility index (Phi) is 4.59. The molecular weight excluding hydrogens is 335 g/mol. The molecule has 0 saturated carbocycles. The number of aromatic amines is 1. The molecule has 0 aliphatic carbocycles. The Morgan fingerprint density at radius 2 is 1.88 bits per heavy atom. The zero-order chi connectivity index (χ0) is 18.9. The Morgan fingerprint density at radius 1 is 1.12 bits per heavy atom. The second-order valence-electron chi connectivity index (χ2n) is 6.54. The van der Waals surface area contributed by atoms with Gasteiger partial charge in [0.2, 0.25) is 5.91 Å². The number of ether oxygens (including phenoxy) is 2. The summed E-state index contributed by atoms with van der Waals surface area (Å²) in [5, 5.41) is 3.58. The van der Waals surface area contributed by atoms with Crippen molar-refractivity contribution in [3.63, 3.8) is 0 Å². The number of halogens is 1. The fourth-order valence-corrected chi connectivity index (χ4v) is 2.91. The van der Waals surface area contributed by atoms with E-state index in [0.29, 0.717) is 22.6 Å². The first-order chi connectivity index (χ1) is 12.4. The highest BCUT2D eigenvalue weighted by molar-refractivity contribution is 6.02. The Morgan fingerprint density at radius 3 is 2.58 bits per heavy atom. The number of hydrogen-bond donors (Lipinski definition) is 2. The molecule has 0 radical (unpaired) electrons. The molecule has 1 amide bonds. The number of carbonyl (C=O) groups excluding carboxylic acids is 1. The highest BCUT2D eigenvalue weighted by Crippen LogP contribution is 2.34. The number of aromatic nitrogens is 1. The second kappa shape index (κ2) is 6.71. The molecule has 5 nitrogen and oxygen atoms in total. The molecule has 0 unspecified atom stereocenters. The first-order valence-electron chi connectivity index (χ1n) is 8.17. The minimum absolute atomic E-state index is 0.230. The van der Waals surface area contributed by atoms with Gasteiger partial charge in [0.25, 0.3) is 0 Å². The van der Waals surface area contributed by atoms with E-state index >= 15 is 0 Å². The first kappa shape index (κ1) is 17.8. The van der Waals surface area contributed by atoms with Gasteiger partial charge in [-0.05, 0) is 49.7 Å². The number of nitrogens with one attached hydrogen (secondary N) is 2. The maximum Gasteiger partial charge on any atom is 0.234 e. The molecule has 1 heterocycles. The van der Waals surface area contributed by atoms with Crippen LogP contribution < -0.4 is 14.8 Å². The van der Waals surface area contributed by atoms with E-state index in [2.05, 4.69) is 10.3 Å². The van der Waals surface area contributed by atoms with Crippen LogP contribution in [0.1, 0.15) is 19.4 Å². The van der Waals surface area contributed by atoms with Crippen molar-refractivity contribution in [1.82, 2.24) is 4.98 Å². The van der Waals surface area contributed by atoms with Gasteiger partial charge in [-0.25, -0.2) is 4.39 Å². The van der Waals surface area contributed by atoms with E-state index in [1.165, 1.54) is 19.2 Å². The minimum Gasteiger partial charge on any atom is -0.497 e. The van der Waals surface area contributed by atoms with E-state index < -0.39 is 5.41 Å². The average molecular weight is 356 g/mol. The smallest absolute Gasteiger partial charge is 0.234 e. The molecule has 3 aromatic rings. The van der Waals surface area contributed by atoms with Crippen LogP contribution in [0.2, 0.25) is 0 Å². The Hall–Kier alpha value is -3.02. The van der Waals surface area contributed by atoms with Crippen molar-refractivity contribution in [1.29, 1.82) is 0 Å². The molecule has 2 aromatic carbocycles. The summed E-state index contributed by atoms with van der Waals surface area (Å²) in [6, 6.07) is 9.65. The van der Waals surface area contributed by atoms with Crippen molar-refractivity contribution in [3.8, 4) is 11.5 Å². The van der Waals surface area contributed by atoms with E-state index in [-0.39, 0.29) is 11.7 Å². The number of carbonyl (C=O) groups is 1. The number of anilines is 1. The van der Waals surface area contributed by atoms with Gasteiger partial charge in [0, 0.05) is 23.2 Å². The number of hydrogen-bond acceptors (Lipinski definition) is 3. The van der Waals surface area contributed by atoms with E-state index in [1.807, 2.05) is 0 Å². The fourth-order valence-electron chi connectivity index (χ4n) is 2.91. The summed E-state index contributed by atoms with van der Waals surface area (Å²) in [6.07, 6.45) is 1.74. The van der Waals surface area contributed by atoms with Crippen LogP contribution in [0.3, 0.4) is 0 Å². The van der Waals surface area contributed by atoms with Crippen LogP contribution in [0.15, 0.2) is 42.6 Å². The lowest BCUT2D eigenvalue weighted by atomic mass is 9.83. The van der Waals surface area contributed by atoms with Crippen LogP contribution in [0.25, 0.3) is 10.9 Å². The van der Waals surface area contributed by atoms with Gasteiger partial charge in [-0.3, -0.25) is 4.79 Å². The Bertz CT molecular complexity index is 963. The molecule has 0 fully saturated rings. The lowest BCUT2D eigenvalue weighted by Crippen LogP contribution is -2.34. The predicted octanol–water partition coefficient (Wildman–Crippen LogP) is 4.24. The molecule has 136 valence electrons. The summed E-state index contributed by atoms with van der Waals surface area (Å²) in [6.45, 7) is 3.59. The van der Waals surface area contributed by atoms with Crippen molar-refractivity contribution >= 4 is 22.5 Å². The van der Waals surface area contributed by atoms with E-state index in [4.69, 9.17) is 9.47 Å². The van der Waals surface area contributed by atoms with Gasteiger partial charge in [0.1, 0.15) is 17.3 Å². The van der Waals surface area contributed by atoms with E-state index in [1.54, 1.807) is 51.4 Å². The lowest BCUT2D eigenvalue weighted by molar-refractivity contribution is -0.120. The third-order valence-corrected chi connectivity index (χ3v) is 4.54. The van der Waals surface area contributed by atoms with Gasteiger partial charge in [-0.15, -0.1) is 0 Å². The maximum absolute atomic E-state index is 13.7. The normalized spacial score (nSPS) is 11.4. The summed E-state index contributed by atoms with van der Waals surface area (Å²) in [5.41, 5.74) is 1.15. The zero-order valence-corrected chi connectivity index (χ0v) is 15.1. The van der Waals surface area contributed by atoms with Crippen molar-refractivity contribution in [3.05, 3.63) is 54.0 Å². The monoisotopic (exact) mass is 356 g/mol. The number of amides is 1. The highest BCUT2D eigenvalue weighted by Gasteiger charge is 2.33. The standard InChI is InChI=1S/C20H21FN2O3/c1-20(2,15-11-22-16-7-5-12(21)9-14(15)16)19(24)23-17-8-6-13(25-3)10-18(17)26-4/h5-11,22H,1-4H3,(H,23,24). The summed E-state index contributed by atoms with van der Waals surface area (Å²) in [7, 11) is 3.09. The molecule has 2 N–H and O–H groups in total. The molecule has 0 spiro atoms. The van der Waals surface area contributed by atoms with Gasteiger partial charge in [-0.1, -0.05) is 0 Å². The molecule has 6 heteroatoms. The zero-order valence-electron chi connectivity index (χ0n) is 15.1. The summed E-state index contributed by atoms with van der Waals surface area (Å²) in [5.74, 6) is 0.558.